The molecule has 1 aliphatic rings. The average molecular weight is 264 g/mol. The van der Waals surface area contributed by atoms with E-state index in [9.17, 15) is 0 Å². The summed E-state index contributed by atoms with van der Waals surface area (Å²) in [5, 5.41) is 0. The Morgan fingerprint density at radius 3 is 2.32 bits per heavy atom. The number of methoxy groups -OCH3 is 2. The van der Waals surface area contributed by atoms with Gasteiger partial charge in [-0.2, -0.15) is 0 Å². The van der Waals surface area contributed by atoms with Gasteiger partial charge in [0.2, 0.25) is 0 Å². The molecule has 19 heavy (non-hydrogen) atoms. The second kappa shape index (κ2) is 6.48. The molecule has 1 fully saturated rings. The molecule has 1 aromatic rings. The molecule has 2 rings (SSSR count). The summed E-state index contributed by atoms with van der Waals surface area (Å²) < 4.78 is 10.9. The van der Waals surface area contributed by atoms with E-state index in [2.05, 4.69) is 30.0 Å². The van der Waals surface area contributed by atoms with Crippen molar-refractivity contribution in [2.24, 2.45) is 5.73 Å². The summed E-state index contributed by atoms with van der Waals surface area (Å²) in [6.07, 6.45) is 0.349. The maximum Gasteiger partial charge on any atom is 0.0971 e. The largest absolute Gasteiger partial charge is 0.377 e. The van der Waals surface area contributed by atoms with E-state index < -0.39 is 0 Å². The lowest BCUT2D eigenvalue weighted by molar-refractivity contribution is -0.00461. The summed E-state index contributed by atoms with van der Waals surface area (Å²) in [7, 11) is 3.50. The highest BCUT2D eigenvalue weighted by atomic mass is 16.5. The number of hydrogen-bond donors (Lipinski definition) is 1. The lowest BCUT2D eigenvalue weighted by Gasteiger charge is -2.17. The van der Waals surface area contributed by atoms with Gasteiger partial charge in [0.25, 0.3) is 0 Å². The topological polar surface area (TPSA) is 47.7 Å². The Morgan fingerprint density at radius 1 is 1.21 bits per heavy atom. The third-order valence-corrected chi connectivity index (χ3v) is 3.93. The van der Waals surface area contributed by atoms with E-state index >= 15 is 0 Å². The van der Waals surface area contributed by atoms with Crippen molar-refractivity contribution in [1.29, 1.82) is 0 Å². The first-order valence-electron chi connectivity index (χ1n) is 6.74. The highest BCUT2D eigenvalue weighted by molar-refractivity contribution is 5.31. The van der Waals surface area contributed by atoms with Gasteiger partial charge in [-0.15, -0.1) is 0 Å². The van der Waals surface area contributed by atoms with Crippen LogP contribution in [0.4, 0.5) is 0 Å². The molecule has 1 aromatic carbocycles. The van der Waals surface area contributed by atoms with Crippen molar-refractivity contribution in [3.05, 3.63) is 34.9 Å². The summed E-state index contributed by atoms with van der Waals surface area (Å²) >= 11 is 0. The average Bonchev–Trinajstić information content (AvgIpc) is 2.83. The van der Waals surface area contributed by atoms with E-state index in [-0.39, 0.29) is 12.2 Å². The highest BCUT2D eigenvalue weighted by Gasteiger charge is 2.32. The van der Waals surface area contributed by atoms with Gasteiger partial charge < -0.3 is 15.2 Å². The van der Waals surface area contributed by atoms with Crippen molar-refractivity contribution < 1.29 is 9.47 Å². The maximum absolute atomic E-state index is 5.66. The van der Waals surface area contributed by atoms with E-state index in [1.807, 2.05) is 0 Å². The molecule has 0 amide bonds. The summed E-state index contributed by atoms with van der Waals surface area (Å²) in [6, 6.07) is 6.46. The molecule has 0 saturated carbocycles. The van der Waals surface area contributed by atoms with Crippen LogP contribution in [-0.4, -0.2) is 44.4 Å². The first-order valence-corrected chi connectivity index (χ1v) is 6.74. The molecule has 2 N–H and O–H groups in total. The lowest BCUT2D eigenvalue weighted by atomic mass is 10.0. The normalized spacial score (nSPS) is 24.0. The fraction of sp³-hybridized carbons (Fsp3) is 0.600. The van der Waals surface area contributed by atoms with E-state index in [1.165, 1.54) is 16.7 Å². The number of nitrogens with two attached hydrogens (primary N) is 1. The van der Waals surface area contributed by atoms with Gasteiger partial charge in [0.05, 0.1) is 12.2 Å². The second-order valence-corrected chi connectivity index (χ2v) is 5.21. The minimum absolute atomic E-state index is 0.175. The van der Waals surface area contributed by atoms with E-state index in [0.717, 1.165) is 19.6 Å². The molecule has 0 aliphatic carbocycles. The molecular formula is C15H24N2O2. The SMILES string of the molecule is COC1CN(Cc2ccc(CN)cc2C)CC1OC. The third-order valence-electron chi connectivity index (χ3n) is 3.93. The fourth-order valence-electron chi connectivity index (χ4n) is 2.70. The van der Waals surface area contributed by atoms with Crippen LogP contribution in [-0.2, 0) is 22.6 Å². The summed E-state index contributed by atoms with van der Waals surface area (Å²) in [4.78, 5) is 2.38. The Labute approximate surface area is 115 Å². The van der Waals surface area contributed by atoms with Crippen LogP contribution >= 0.6 is 0 Å². The van der Waals surface area contributed by atoms with Crippen molar-refractivity contribution in [2.45, 2.75) is 32.2 Å². The predicted octanol–water partition coefficient (Wildman–Crippen LogP) is 1.30. The number of ether oxygens (including phenoxy) is 2. The van der Waals surface area contributed by atoms with Gasteiger partial charge in [-0.25, -0.2) is 0 Å². The van der Waals surface area contributed by atoms with Crippen molar-refractivity contribution in [1.82, 2.24) is 4.90 Å². The molecule has 0 bridgehead atoms. The number of benzene rings is 1. The molecule has 1 heterocycles. The van der Waals surface area contributed by atoms with Gasteiger partial charge in [-0.3, -0.25) is 4.90 Å². The second-order valence-electron chi connectivity index (χ2n) is 5.21. The Morgan fingerprint density at radius 2 is 1.84 bits per heavy atom. The van der Waals surface area contributed by atoms with Crippen LogP contribution in [0.25, 0.3) is 0 Å². The molecule has 1 saturated heterocycles. The van der Waals surface area contributed by atoms with Crippen molar-refractivity contribution in [3.8, 4) is 0 Å². The van der Waals surface area contributed by atoms with Crippen molar-refractivity contribution in [2.75, 3.05) is 27.3 Å². The highest BCUT2D eigenvalue weighted by Crippen LogP contribution is 2.20. The van der Waals surface area contributed by atoms with Crippen molar-refractivity contribution >= 4 is 0 Å². The minimum atomic E-state index is 0.175. The number of hydrogen-bond acceptors (Lipinski definition) is 4. The monoisotopic (exact) mass is 264 g/mol. The Hall–Kier alpha value is -0.940. The Bertz CT molecular complexity index is 411. The van der Waals surface area contributed by atoms with Gasteiger partial charge in [-0.05, 0) is 23.6 Å². The van der Waals surface area contributed by atoms with Crippen molar-refractivity contribution in [3.63, 3.8) is 0 Å². The van der Waals surface area contributed by atoms with Gasteiger partial charge in [0.15, 0.2) is 0 Å². The molecule has 106 valence electrons. The first-order chi connectivity index (χ1) is 9.17. The molecule has 4 nitrogen and oxygen atoms in total. The van der Waals surface area contributed by atoms with Crippen LogP contribution in [0.15, 0.2) is 18.2 Å². The maximum atomic E-state index is 5.66. The molecular weight excluding hydrogens is 240 g/mol. The summed E-state index contributed by atoms with van der Waals surface area (Å²) in [6.45, 7) is 5.53. The summed E-state index contributed by atoms with van der Waals surface area (Å²) in [5.41, 5.74) is 9.50. The summed E-state index contributed by atoms with van der Waals surface area (Å²) in [5.74, 6) is 0. The number of nitrogens with zero attached hydrogens (tertiary/aromatic N) is 1. The molecule has 0 spiro atoms. The van der Waals surface area contributed by atoms with E-state index in [4.69, 9.17) is 15.2 Å². The van der Waals surface area contributed by atoms with Gasteiger partial charge in [0.1, 0.15) is 0 Å². The van der Waals surface area contributed by atoms with Crippen LogP contribution < -0.4 is 5.73 Å². The van der Waals surface area contributed by atoms with E-state index in [0.29, 0.717) is 6.54 Å². The zero-order valence-corrected chi connectivity index (χ0v) is 12.1. The van der Waals surface area contributed by atoms with E-state index in [1.54, 1.807) is 14.2 Å². The standard InChI is InChI=1S/C15H24N2O2/c1-11-6-12(7-16)4-5-13(11)8-17-9-14(18-2)15(10-17)19-3/h4-6,14-15H,7-10,16H2,1-3H3. The van der Waals surface area contributed by atoms with Gasteiger partial charge in [0, 0.05) is 40.4 Å². The van der Waals surface area contributed by atoms with Gasteiger partial charge in [-0.1, -0.05) is 18.2 Å². The Balaban J connectivity index is 2.02. The number of aryl methyl sites for hydroxylation is 1. The predicted molar refractivity (Wildman–Crippen MR) is 75.9 cm³/mol. The first kappa shape index (κ1) is 14.5. The minimum Gasteiger partial charge on any atom is -0.377 e. The van der Waals surface area contributed by atoms with Gasteiger partial charge >= 0.3 is 0 Å². The Kier molecular flexibility index (Phi) is 4.93. The third kappa shape index (κ3) is 3.34. The van der Waals surface area contributed by atoms with Crippen LogP contribution in [0.2, 0.25) is 0 Å². The molecule has 4 heteroatoms. The van der Waals surface area contributed by atoms with Crippen LogP contribution in [0, 0.1) is 6.92 Å². The quantitative estimate of drug-likeness (QED) is 0.871. The number of rotatable bonds is 5. The zero-order chi connectivity index (χ0) is 13.8. The van der Waals surface area contributed by atoms with Crippen LogP contribution in [0.1, 0.15) is 16.7 Å². The van der Waals surface area contributed by atoms with Crippen LogP contribution in [0.5, 0.6) is 0 Å². The lowest BCUT2D eigenvalue weighted by Crippen LogP contribution is -2.27. The molecule has 2 unspecified atom stereocenters. The molecule has 2 atom stereocenters. The molecule has 1 aliphatic heterocycles. The number of likely N-dealkylation sites (tertiary alicyclic amines) is 1. The zero-order valence-electron chi connectivity index (χ0n) is 12.1. The fourth-order valence-corrected chi connectivity index (χ4v) is 2.70. The van der Waals surface area contributed by atoms with Crippen LogP contribution in [0.3, 0.4) is 0 Å². The molecule has 0 aromatic heterocycles. The molecule has 0 radical (unpaired) electrons. The smallest absolute Gasteiger partial charge is 0.0971 e.